The van der Waals surface area contributed by atoms with Crippen molar-refractivity contribution in [2.75, 3.05) is 13.7 Å². The Morgan fingerprint density at radius 1 is 1.15 bits per heavy atom. The van der Waals surface area contributed by atoms with E-state index in [9.17, 15) is 0 Å². The predicted octanol–water partition coefficient (Wildman–Crippen LogP) is 4.07. The second kappa shape index (κ2) is 9.59. The molecular formula is C16H25NO2S. The minimum atomic E-state index is 0.352. The van der Waals surface area contributed by atoms with Crippen LogP contribution in [0.15, 0.2) is 18.2 Å². The molecule has 0 radical (unpaired) electrons. The fourth-order valence-corrected chi connectivity index (χ4v) is 2.19. The summed E-state index contributed by atoms with van der Waals surface area (Å²) in [4.78, 5) is 0.352. The molecule has 0 saturated carbocycles. The van der Waals surface area contributed by atoms with Gasteiger partial charge in [-0.3, -0.25) is 0 Å². The molecule has 0 aromatic heterocycles. The van der Waals surface area contributed by atoms with Crippen molar-refractivity contribution in [1.29, 1.82) is 0 Å². The molecule has 0 bridgehead atoms. The maximum Gasteiger partial charge on any atom is 0.133 e. The molecule has 112 valence electrons. The Labute approximate surface area is 127 Å². The average molecular weight is 295 g/mol. The number of unbranched alkanes of at least 4 members (excludes halogenated alkanes) is 5. The summed E-state index contributed by atoms with van der Waals surface area (Å²) < 4.78 is 11.0. The van der Waals surface area contributed by atoms with Crippen molar-refractivity contribution in [3.8, 4) is 11.5 Å². The normalized spacial score (nSPS) is 10.3. The quantitative estimate of drug-likeness (QED) is 0.522. The van der Waals surface area contributed by atoms with Crippen LogP contribution in [-0.4, -0.2) is 18.7 Å². The predicted molar refractivity (Wildman–Crippen MR) is 87.8 cm³/mol. The number of benzene rings is 1. The van der Waals surface area contributed by atoms with Crippen LogP contribution in [0.2, 0.25) is 0 Å². The van der Waals surface area contributed by atoms with Crippen molar-refractivity contribution in [1.82, 2.24) is 0 Å². The zero-order valence-corrected chi connectivity index (χ0v) is 13.3. The Bertz CT molecular complexity index is 421. The van der Waals surface area contributed by atoms with Gasteiger partial charge in [-0.25, -0.2) is 0 Å². The van der Waals surface area contributed by atoms with E-state index in [0.29, 0.717) is 17.3 Å². The molecule has 0 aliphatic carbocycles. The first-order valence-corrected chi connectivity index (χ1v) is 7.70. The highest BCUT2D eigenvalue weighted by Gasteiger charge is 2.08. The van der Waals surface area contributed by atoms with Gasteiger partial charge in [0.1, 0.15) is 16.5 Å². The molecule has 1 rings (SSSR count). The van der Waals surface area contributed by atoms with Gasteiger partial charge in [-0.2, -0.15) is 0 Å². The summed E-state index contributed by atoms with van der Waals surface area (Å²) in [6.45, 7) is 2.91. The van der Waals surface area contributed by atoms with Crippen LogP contribution in [0.1, 0.15) is 51.0 Å². The number of hydrogen-bond acceptors (Lipinski definition) is 3. The molecule has 0 saturated heterocycles. The molecule has 0 heterocycles. The summed E-state index contributed by atoms with van der Waals surface area (Å²) in [7, 11) is 1.63. The first kappa shape index (κ1) is 16.8. The summed E-state index contributed by atoms with van der Waals surface area (Å²) in [6, 6.07) is 5.52. The summed E-state index contributed by atoms with van der Waals surface area (Å²) in [5.74, 6) is 1.47. The highest BCUT2D eigenvalue weighted by atomic mass is 32.1. The van der Waals surface area contributed by atoms with Crippen molar-refractivity contribution in [2.45, 2.75) is 45.4 Å². The number of thiocarbonyl (C=S) groups is 1. The fourth-order valence-electron chi connectivity index (χ4n) is 2.02. The van der Waals surface area contributed by atoms with Crippen LogP contribution in [0.3, 0.4) is 0 Å². The van der Waals surface area contributed by atoms with Crippen LogP contribution in [0, 0.1) is 0 Å². The van der Waals surface area contributed by atoms with Gasteiger partial charge in [0.25, 0.3) is 0 Å². The molecule has 0 fully saturated rings. The number of methoxy groups -OCH3 is 1. The van der Waals surface area contributed by atoms with Crippen LogP contribution in [0.5, 0.6) is 11.5 Å². The van der Waals surface area contributed by atoms with Crippen LogP contribution >= 0.6 is 12.2 Å². The minimum Gasteiger partial charge on any atom is -0.497 e. The second-order valence-electron chi connectivity index (χ2n) is 4.84. The molecule has 3 nitrogen and oxygen atoms in total. The van der Waals surface area contributed by atoms with Crippen LogP contribution in [-0.2, 0) is 0 Å². The topological polar surface area (TPSA) is 44.5 Å². The largest absolute Gasteiger partial charge is 0.497 e. The van der Waals surface area contributed by atoms with Crippen molar-refractivity contribution in [2.24, 2.45) is 5.73 Å². The van der Waals surface area contributed by atoms with Crippen LogP contribution < -0.4 is 15.2 Å². The van der Waals surface area contributed by atoms with Gasteiger partial charge < -0.3 is 15.2 Å². The van der Waals surface area contributed by atoms with Gasteiger partial charge in [0.2, 0.25) is 0 Å². The second-order valence-corrected chi connectivity index (χ2v) is 5.28. The van der Waals surface area contributed by atoms with Crippen molar-refractivity contribution >= 4 is 17.2 Å². The van der Waals surface area contributed by atoms with Gasteiger partial charge in [-0.05, 0) is 18.6 Å². The minimum absolute atomic E-state index is 0.352. The number of rotatable bonds is 10. The third-order valence-corrected chi connectivity index (χ3v) is 3.43. The van der Waals surface area contributed by atoms with Gasteiger partial charge in [-0.1, -0.05) is 51.2 Å². The summed E-state index contributed by atoms with van der Waals surface area (Å²) >= 11 is 5.04. The fraction of sp³-hybridized carbons (Fsp3) is 0.562. The first-order valence-electron chi connectivity index (χ1n) is 7.29. The molecule has 0 aliphatic heterocycles. The maximum absolute atomic E-state index is 5.80. The number of nitrogens with two attached hydrogens (primary N) is 1. The lowest BCUT2D eigenvalue weighted by atomic mass is 10.1. The van der Waals surface area contributed by atoms with E-state index in [1.54, 1.807) is 7.11 Å². The molecule has 0 amide bonds. The highest BCUT2D eigenvalue weighted by molar-refractivity contribution is 7.80. The Morgan fingerprint density at radius 3 is 2.50 bits per heavy atom. The van der Waals surface area contributed by atoms with E-state index >= 15 is 0 Å². The average Bonchev–Trinajstić information content (AvgIpc) is 2.45. The smallest absolute Gasteiger partial charge is 0.133 e. The molecule has 1 aromatic rings. The van der Waals surface area contributed by atoms with E-state index in [2.05, 4.69) is 6.92 Å². The Balaban J connectivity index is 2.43. The lowest BCUT2D eigenvalue weighted by Gasteiger charge is -2.12. The lowest BCUT2D eigenvalue weighted by Crippen LogP contribution is -2.12. The molecule has 1 aromatic carbocycles. The van der Waals surface area contributed by atoms with E-state index in [4.69, 9.17) is 27.4 Å². The summed E-state index contributed by atoms with van der Waals surface area (Å²) in [5, 5.41) is 0. The molecular weight excluding hydrogens is 270 g/mol. The van der Waals surface area contributed by atoms with Crippen molar-refractivity contribution in [3.05, 3.63) is 23.8 Å². The van der Waals surface area contributed by atoms with Crippen LogP contribution in [0.4, 0.5) is 0 Å². The Hall–Kier alpha value is -1.29. The summed E-state index contributed by atoms with van der Waals surface area (Å²) in [5.41, 5.74) is 6.47. The van der Waals surface area contributed by atoms with E-state index in [1.807, 2.05) is 18.2 Å². The number of ether oxygens (including phenoxy) is 2. The zero-order chi connectivity index (χ0) is 14.8. The molecule has 2 N–H and O–H groups in total. The van der Waals surface area contributed by atoms with Gasteiger partial charge in [-0.15, -0.1) is 0 Å². The molecule has 20 heavy (non-hydrogen) atoms. The summed E-state index contributed by atoms with van der Waals surface area (Å²) in [6.07, 6.45) is 7.44. The SMILES string of the molecule is CCCCCCCCOc1cc(OC)ccc1C(N)=S. The standard InChI is InChI=1S/C16H25NO2S/c1-3-4-5-6-7-8-11-19-15-12-13(18-2)9-10-14(15)16(17)20/h9-10,12H,3-8,11H2,1-2H3,(H2,17,20). The van der Waals surface area contributed by atoms with Crippen molar-refractivity contribution < 1.29 is 9.47 Å². The maximum atomic E-state index is 5.80. The van der Waals surface area contributed by atoms with E-state index in [0.717, 1.165) is 17.7 Å². The molecule has 4 heteroatoms. The molecule has 0 aliphatic rings. The van der Waals surface area contributed by atoms with Crippen LogP contribution in [0.25, 0.3) is 0 Å². The van der Waals surface area contributed by atoms with Gasteiger partial charge >= 0.3 is 0 Å². The van der Waals surface area contributed by atoms with E-state index in [-0.39, 0.29) is 0 Å². The third-order valence-electron chi connectivity index (χ3n) is 3.21. The molecule has 0 spiro atoms. The Morgan fingerprint density at radius 2 is 1.85 bits per heavy atom. The Kier molecular flexibility index (Phi) is 8.04. The third kappa shape index (κ3) is 5.78. The van der Waals surface area contributed by atoms with Gasteiger partial charge in [0.05, 0.1) is 19.3 Å². The monoisotopic (exact) mass is 295 g/mol. The lowest BCUT2D eigenvalue weighted by molar-refractivity contribution is 0.301. The first-order chi connectivity index (χ1) is 9.69. The van der Waals surface area contributed by atoms with Gasteiger partial charge in [0, 0.05) is 6.07 Å². The molecule has 0 atom stereocenters. The van der Waals surface area contributed by atoms with Crippen molar-refractivity contribution in [3.63, 3.8) is 0 Å². The highest BCUT2D eigenvalue weighted by Crippen LogP contribution is 2.25. The van der Waals surface area contributed by atoms with E-state index < -0.39 is 0 Å². The molecule has 0 unspecified atom stereocenters. The zero-order valence-electron chi connectivity index (χ0n) is 12.5. The van der Waals surface area contributed by atoms with E-state index in [1.165, 1.54) is 32.1 Å². The van der Waals surface area contributed by atoms with Gasteiger partial charge in [0.15, 0.2) is 0 Å². The number of hydrogen-bond donors (Lipinski definition) is 1.